The van der Waals surface area contributed by atoms with Crippen LogP contribution in [0.15, 0.2) is 34.9 Å². The second kappa shape index (κ2) is 8.37. The predicted octanol–water partition coefficient (Wildman–Crippen LogP) is 3.29. The van der Waals surface area contributed by atoms with E-state index >= 15 is 0 Å². The average molecular weight is 422 g/mol. The Hall–Kier alpha value is -3.42. The van der Waals surface area contributed by atoms with Gasteiger partial charge >= 0.3 is 5.97 Å². The molecular formula is C23H26N4O4. The summed E-state index contributed by atoms with van der Waals surface area (Å²) in [5.41, 5.74) is 4.14. The van der Waals surface area contributed by atoms with Crippen molar-refractivity contribution in [2.75, 3.05) is 32.6 Å². The standard InChI is InChI=1S/C23H26N4O4/c1-14-21-18(11-19(16-7-8-16)24-22(21)31-25-14)23(29)30-13-20(28)27(4)12-15-5-9-17(10-6-15)26(2)3/h5-6,9-11,16H,7-8,12-13H2,1-4H3. The van der Waals surface area contributed by atoms with Gasteiger partial charge in [-0.05, 0) is 43.5 Å². The van der Waals surface area contributed by atoms with Crippen molar-refractivity contribution in [3.63, 3.8) is 0 Å². The van der Waals surface area contributed by atoms with Crippen LogP contribution in [-0.2, 0) is 16.1 Å². The number of aryl methyl sites for hydroxylation is 1. The fourth-order valence-corrected chi connectivity index (χ4v) is 3.44. The number of rotatable bonds is 7. The van der Waals surface area contributed by atoms with E-state index in [1.807, 2.05) is 43.3 Å². The lowest BCUT2D eigenvalue weighted by Crippen LogP contribution is -2.30. The van der Waals surface area contributed by atoms with Crippen LogP contribution >= 0.6 is 0 Å². The highest BCUT2D eigenvalue weighted by Crippen LogP contribution is 2.40. The van der Waals surface area contributed by atoms with Crippen molar-refractivity contribution in [2.45, 2.75) is 32.2 Å². The zero-order chi connectivity index (χ0) is 22.1. The highest BCUT2D eigenvalue weighted by molar-refractivity contribution is 6.03. The number of esters is 1. The van der Waals surface area contributed by atoms with E-state index < -0.39 is 5.97 Å². The number of carbonyl (C=O) groups is 2. The zero-order valence-electron chi connectivity index (χ0n) is 18.2. The van der Waals surface area contributed by atoms with E-state index in [0.717, 1.165) is 29.8 Å². The van der Waals surface area contributed by atoms with Crippen LogP contribution in [0.4, 0.5) is 5.69 Å². The van der Waals surface area contributed by atoms with Gasteiger partial charge in [-0.1, -0.05) is 17.3 Å². The first-order valence-corrected chi connectivity index (χ1v) is 10.3. The van der Waals surface area contributed by atoms with Crippen LogP contribution < -0.4 is 4.90 Å². The Morgan fingerprint density at radius 2 is 1.87 bits per heavy atom. The second-order valence-corrected chi connectivity index (χ2v) is 8.20. The molecule has 1 saturated carbocycles. The molecule has 0 spiro atoms. The molecule has 0 unspecified atom stereocenters. The van der Waals surface area contributed by atoms with Gasteiger partial charge in [-0.3, -0.25) is 4.79 Å². The number of nitrogens with zero attached hydrogens (tertiary/aromatic N) is 4. The number of anilines is 1. The van der Waals surface area contributed by atoms with Crippen LogP contribution in [0.3, 0.4) is 0 Å². The molecule has 0 aliphatic heterocycles. The van der Waals surface area contributed by atoms with Gasteiger partial charge in [-0.2, -0.15) is 0 Å². The molecular weight excluding hydrogens is 396 g/mol. The smallest absolute Gasteiger partial charge is 0.339 e. The zero-order valence-corrected chi connectivity index (χ0v) is 18.2. The van der Waals surface area contributed by atoms with Crippen LogP contribution in [0.2, 0.25) is 0 Å². The topological polar surface area (TPSA) is 88.8 Å². The second-order valence-electron chi connectivity index (χ2n) is 8.20. The largest absolute Gasteiger partial charge is 0.452 e. The Kier molecular flexibility index (Phi) is 5.63. The summed E-state index contributed by atoms with van der Waals surface area (Å²) in [6.45, 7) is 1.85. The Morgan fingerprint density at radius 1 is 1.16 bits per heavy atom. The number of ether oxygens (including phenoxy) is 1. The van der Waals surface area contributed by atoms with E-state index in [9.17, 15) is 9.59 Å². The predicted molar refractivity (Wildman–Crippen MR) is 116 cm³/mol. The first kappa shape index (κ1) is 20.8. The van der Waals surface area contributed by atoms with Crippen LogP contribution in [0, 0.1) is 6.92 Å². The maximum Gasteiger partial charge on any atom is 0.339 e. The van der Waals surface area contributed by atoms with Crippen molar-refractivity contribution >= 4 is 28.7 Å². The summed E-state index contributed by atoms with van der Waals surface area (Å²) in [4.78, 5) is 33.3. The quantitative estimate of drug-likeness (QED) is 0.540. The SMILES string of the molecule is Cc1noc2nc(C3CC3)cc(C(=O)OCC(=O)N(C)Cc3ccc(N(C)C)cc3)c12. The van der Waals surface area contributed by atoms with Gasteiger partial charge in [0.2, 0.25) is 0 Å². The van der Waals surface area contributed by atoms with Crippen LogP contribution in [0.5, 0.6) is 0 Å². The third-order valence-corrected chi connectivity index (χ3v) is 5.48. The van der Waals surface area contributed by atoms with Gasteiger partial charge in [0.05, 0.1) is 16.6 Å². The Morgan fingerprint density at radius 3 is 2.52 bits per heavy atom. The highest BCUT2D eigenvalue weighted by Gasteiger charge is 2.29. The van der Waals surface area contributed by atoms with Crippen molar-refractivity contribution in [3.8, 4) is 0 Å². The Balaban J connectivity index is 1.41. The van der Waals surface area contributed by atoms with Crippen molar-refractivity contribution < 1.29 is 18.8 Å². The van der Waals surface area contributed by atoms with Gasteiger partial charge < -0.3 is 19.1 Å². The number of pyridine rings is 1. The lowest BCUT2D eigenvalue weighted by molar-refractivity contribution is -0.133. The summed E-state index contributed by atoms with van der Waals surface area (Å²) >= 11 is 0. The summed E-state index contributed by atoms with van der Waals surface area (Å²) < 4.78 is 10.6. The van der Waals surface area contributed by atoms with E-state index in [0.29, 0.717) is 34.8 Å². The molecule has 0 N–H and O–H groups in total. The molecule has 1 aliphatic rings. The number of hydrogen-bond donors (Lipinski definition) is 0. The lowest BCUT2D eigenvalue weighted by atomic mass is 10.1. The average Bonchev–Trinajstić information content (AvgIpc) is 3.54. The molecule has 0 radical (unpaired) electrons. The fourth-order valence-electron chi connectivity index (χ4n) is 3.44. The first-order valence-electron chi connectivity index (χ1n) is 10.3. The monoisotopic (exact) mass is 422 g/mol. The molecule has 8 heteroatoms. The summed E-state index contributed by atoms with van der Waals surface area (Å²) in [5, 5.41) is 4.46. The summed E-state index contributed by atoms with van der Waals surface area (Å²) in [6.07, 6.45) is 2.08. The number of benzene rings is 1. The van der Waals surface area contributed by atoms with Gasteiger partial charge in [-0.15, -0.1) is 0 Å². The molecule has 1 fully saturated rings. The number of carbonyl (C=O) groups excluding carboxylic acids is 2. The molecule has 2 heterocycles. The van der Waals surface area contributed by atoms with E-state index in [1.54, 1.807) is 24.9 Å². The number of amides is 1. The maximum absolute atomic E-state index is 12.8. The molecule has 162 valence electrons. The van der Waals surface area contributed by atoms with Gasteiger partial charge in [0.25, 0.3) is 11.6 Å². The molecule has 1 aromatic carbocycles. The minimum Gasteiger partial charge on any atom is -0.452 e. The number of hydrogen-bond acceptors (Lipinski definition) is 7. The van der Waals surface area contributed by atoms with Gasteiger partial charge in [0.1, 0.15) is 0 Å². The van der Waals surface area contributed by atoms with Gasteiger partial charge in [-0.25, -0.2) is 9.78 Å². The molecule has 31 heavy (non-hydrogen) atoms. The minimum absolute atomic E-state index is 0.278. The van der Waals surface area contributed by atoms with E-state index in [4.69, 9.17) is 9.26 Å². The van der Waals surface area contributed by atoms with Crippen LogP contribution in [0.1, 0.15) is 46.1 Å². The molecule has 1 aliphatic carbocycles. The highest BCUT2D eigenvalue weighted by atomic mass is 16.5. The Labute approximate surface area is 180 Å². The number of likely N-dealkylation sites (N-methyl/N-ethyl adjacent to an activating group) is 1. The van der Waals surface area contributed by atoms with Gasteiger partial charge in [0.15, 0.2) is 6.61 Å². The molecule has 4 rings (SSSR count). The van der Waals surface area contributed by atoms with Crippen LogP contribution in [-0.4, -0.2) is 54.7 Å². The molecule has 3 aromatic rings. The first-order chi connectivity index (χ1) is 14.8. The minimum atomic E-state index is -0.572. The third kappa shape index (κ3) is 4.52. The maximum atomic E-state index is 12.8. The fraction of sp³-hybridized carbons (Fsp3) is 0.391. The molecule has 8 nitrogen and oxygen atoms in total. The van der Waals surface area contributed by atoms with Crippen LogP contribution in [0.25, 0.3) is 11.1 Å². The van der Waals surface area contributed by atoms with Gasteiger partial charge in [0, 0.05) is 45.0 Å². The Bertz CT molecular complexity index is 1120. The normalized spacial score (nSPS) is 13.3. The van der Waals surface area contributed by atoms with Crippen molar-refractivity contribution in [2.24, 2.45) is 0 Å². The van der Waals surface area contributed by atoms with E-state index in [-0.39, 0.29) is 12.5 Å². The van der Waals surface area contributed by atoms with Crippen molar-refractivity contribution in [1.82, 2.24) is 15.0 Å². The van der Waals surface area contributed by atoms with Crippen molar-refractivity contribution in [3.05, 3.63) is 52.8 Å². The lowest BCUT2D eigenvalue weighted by Gasteiger charge is -2.18. The molecule has 0 saturated heterocycles. The molecule has 0 atom stereocenters. The molecule has 0 bridgehead atoms. The molecule has 1 amide bonds. The summed E-state index contributed by atoms with van der Waals surface area (Å²) in [7, 11) is 5.64. The van der Waals surface area contributed by atoms with Crippen molar-refractivity contribution in [1.29, 1.82) is 0 Å². The summed E-state index contributed by atoms with van der Waals surface area (Å²) in [6, 6.07) is 9.70. The molecule has 2 aromatic heterocycles. The third-order valence-electron chi connectivity index (χ3n) is 5.48. The number of fused-ring (bicyclic) bond motifs is 1. The van der Waals surface area contributed by atoms with E-state index in [2.05, 4.69) is 10.1 Å². The van der Waals surface area contributed by atoms with E-state index in [1.165, 1.54) is 0 Å². The summed E-state index contributed by atoms with van der Waals surface area (Å²) in [5.74, 6) is -0.509. The number of aromatic nitrogens is 2.